The molecule has 0 unspecified atom stereocenters. The van der Waals surface area contributed by atoms with Crippen molar-refractivity contribution in [2.75, 3.05) is 33.3 Å². The number of aromatic nitrogens is 2. The van der Waals surface area contributed by atoms with E-state index in [-0.39, 0.29) is 18.7 Å². The van der Waals surface area contributed by atoms with Gasteiger partial charge in [0.15, 0.2) is 0 Å². The lowest BCUT2D eigenvalue weighted by molar-refractivity contribution is 0.120. The van der Waals surface area contributed by atoms with Crippen molar-refractivity contribution in [2.24, 2.45) is 0 Å². The maximum absolute atomic E-state index is 12.7. The van der Waals surface area contributed by atoms with Crippen LogP contribution in [0.4, 0.5) is 4.79 Å². The Bertz CT molecular complexity index is 663. The van der Waals surface area contributed by atoms with Gasteiger partial charge in [0.1, 0.15) is 6.33 Å². The van der Waals surface area contributed by atoms with Gasteiger partial charge in [-0.25, -0.2) is 9.78 Å². The van der Waals surface area contributed by atoms with Crippen LogP contribution in [-0.4, -0.2) is 69.8 Å². The molecule has 6 heteroatoms. The van der Waals surface area contributed by atoms with E-state index in [2.05, 4.69) is 9.88 Å². The first-order valence-electron chi connectivity index (χ1n) is 8.39. The second-order valence-corrected chi connectivity index (χ2v) is 6.22. The number of aliphatic hydroxyl groups is 1. The Balaban J connectivity index is 1.63. The predicted octanol–water partition coefficient (Wildman–Crippen LogP) is 1.91. The number of rotatable bonds is 4. The van der Waals surface area contributed by atoms with Crippen LogP contribution in [0, 0.1) is 0 Å². The molecule has 1 amide bonds. The minimum absolute atomic E-state index is 0.0507. The summed E-state index contributed by atoms with van der Waals surface area (Å²) in [5.41, 5.74) is 1.80. The topological polar surface area (TPSA) is 61.6 Å². The molecule has 0 atom stereocenters. The van der Waals surface area contributed by atoms with Crippen molar-refractivity contribution >= 4 is 6.03 Å². The molecule has 0 bridgehead atoms. The van der Waals surface area contributed by atoms with Gasteiger partial charge in [-0.3, -0.25) is 4.57 Å². The first-order chi connectivity index (χ1) is 11.7. The molecule has 0 radical (unpaired) electrons. The number of carbonyl (C=O) groups is 1. The second kappa shape index (κ2) is 7.59. The lowest BCUT2D eigenvalue weighted by Gasteiger charge is -2.36. The number of β-amino-alcohol motifs (C(OH)–C–C–N with tert-alkyl or cyclic N) is 1. The monoisotopic (exact) mass is 328 g/mol. The summed E-state index contributed by atoms with van der Waals surface area (Å²) in [5.74, 6) is 0. The number of aliphatic hydroxyl groups excluding tert-OH is 1. The molecular formula is C18H24N4O2. The van der Waals surface area contributed by atoms with Crippen LogP contribution in [-0.2, 0) is 0 Å². The number of amides is 1. The Morgan fingerprint density at radius 2 is 2.00 bits per heavy atom. The fraction of sp³-hybridized carbons (Fsp3) is 0.444. The van der Waals surface area contributed by atoms with Crippen molar-refractivity contribution in [1.82, 2.24) is 19.4 Å². The summed E-state index contributed by atoms with van der Waals surface area (Å²) in [6.07, 6.45) is 5.24. The first-order valence-corrected chi connectivity index (χ1v) is 8.39. The molecule has 2 heterocycles. The van der Waals surface area contributed by atoms with Crippen molar-refractivity contribution in [3.8, 4) is 11.3 Å². The number of hydrogen-bond donors (Lipinski definition) is 1. The molecule has 0 spiro atoms. The molecule has 2 aromatic rings. The van der Waals surface area contributed by atoms with E-state index in [9.17, 15) is 4.79 Å². The minimum atomic E-state index is -0.0507. The zero-order valence-electron chi connectivity index (χ0n) is 14.0. The summed E-state index contributed by atoms with van der Waals surface area (Å²) < 4.78 is 1.56. The van der Waals surface area contributed by atoms with Crippen molar-refractivity contribution < 1.29 is 9.90 Å². The summed E-state index contributed by atoms with van der Waals surface area (Å²) in [7, 11) is 1.86. The van der Waals surface area contributed by atoms with Gasteiger partial charge in [-0.1, -0.05) is 30.3 Å². The molecule has 1 saturated heterocycles. The lowest BCUT2D eigenvalue weighted by atomic mass is 10.0. The summed E-state index contributed by atoms with van der Waals surface area (Å²) in [4.78, 5) is 21.1. The smallest absolute Gasteiger partial charge is 0.329 e. The van der Waals surface area contributed by atoms with Crippen LogP contribution in [0.3, 0.4) is 0 Å². The van der Waals surface area contributed by atoms with Gasteiger partial charge < -0.3 is 14.9 Å². The van der Waals surface area contributed by atoms with Crippen molar-refractivity contribution in [1.29, 1.82) is 0 Å². The van der Waals surface area contributed by atoms with Gasteiger partial charge in [0.05, 0.1) is 12.3 Å². The number of likely N-dealkylation sites (tertiary alicyclic amines) is 1. The highest BCUT2D eigenvalue weighted by atomic mass is 16.3. The highest BCUT2D eigenvalue weighted by molar-refractivity contribution is 5.78. The SMILES string of the molecule is CN(C(=O)n1cnc(-c2ccccc2)c1)C1CCN(CCO)CC1. The molecule has 1 aromatic heterocycles. The van der Waals surface area contributed by atoms with Gasteiger partial charge in [-0.15, -0.1) is 0 Å². The molecule has 0 aliphatic carbocycles. The normalized spacial score (nSPS) is 16.2. The third-order valence-electron chi connectivity index (χ3n) is 4.70. The average molecular weight is 328 g/mol. The quantitative estimate of drug-likeness (QED) is 0.931. The van der Waals surface area contributed by atoms with E-state index in [1.54, 1.807) is 17.1 Å². The van der Waals surface area contributed by atoms with Crippen LogP contribution in [0.5, 0.6) is 0 Å². The Labute approximate surface area is 142 Å². The van der Waals surface area contributed by atoms with Crippen molar-refractivity contribution in [2.45, 2.75) is 18.9 Å². The number of hydrogen-bond acceptors (Lipinski definition) is 4. The first kappa shape index (κ1) is 16.7. The Morgan fingerprint density at radius 3 is 2.67 bits per heavy atom. The molecule has 1 aliphatic heterocycles. The fourth-order valence-electron chi connectivity index (χ4n) is 3.20. The maximum Gasteiger partial charge on any atom is 0.329 e. The van der Waals surface area contributed by atoms with Crippen LogP contribution in [0.25, 0.3) is 11.3 Å². The second-order valence-electron chi connectivity index (χ2n) is 6.22. The number of carbonyl (C=O) groups excluding carboxylic acids is 1. The number of piperidine rings is 1. The third kappa shape index (κ3) is 3.66. The molecule has 6 nitrogen and oxygen atoms in total. The lowest BCUT2D eigenvalue weighted by Crippen LogP contribution is -2.47. The van der Waals surface area contributed by atoms with Gasteiger partial charge >= 0.3 is 6.03 Å². The molecular weight excluding hydrogens is 304 g/mol. The molecule has 0 saturated carbocycles. The third-order valence-corrected chi connectivity index (χ3v) is 4.70. The molecule has 1 N–H and O–H groups in total. The van der Waals surface area contributed by atoms with E-state index in [1.807, 2.05) is 42.3 Å². The van der Waals surface area contributed by atoms with Crippen molar-refractivity contribution in [3.05, 3.63) is 42.9 Å². The van der Waals surface area contributed by atoms with E-state index in [0.717, 1.165) is 37.2 Å². The molecule has 1 aromatic carbocycles. The Kier molecular flexibility index (Phi) is 5.27. The maximum atomic E-state index is 12.7. The zero-order valence-corrected chi connectivity index (χ0v) is 14.0. The number of benzene rings is 1. The van der Waals surface area contributed by atoms with Crippen LogP contribution in [0.15, 0.2) is 42.9 Å². The summed E-state index contributed by atoms with van der Waals surface area (Å²) in [5, 5.41) is 9.01. The molecule has 3 rings (SSSR count). The largest absolute Gasteiger partial charge is 0.395 e. The van der Waals surface area contributed by atoms with Gasteiger partial charge in [0.25, 0.3) is 0 Å². The van der Waals surface area contributed by atoms with E-state index in [4.69, 9.17) is 5.11 Å². The van der Waals surface area contributed by atoms with E-state index in [1.165, 1.54) is 0 Å². The van der Waals surface area contributed by atoms with Crippen LogP contribution in [0.1, 0.15) is 12.8 Å². The minimum Gasteiger partial charge on any atom is -0.395 e. The van der Waals surface area contributed by atoms with Gasteiger partial charge in [-0.2, -0.15) is 0 Å². The summed E-state index contributed by atoms with van der Waals surface area (Å²) >= 11 is 0. The highest BCUT2D eigenvalue weighted by Crippen LogP contribution is 2.19. The van der Waals surface area contributed by atoms with Gasteiger partial charge in [-0.05, 0) is 12.8 Å². The summed E-state index contributed by atoms with van der Waals surface area (Å²) in [6, 6.07) is 10.0. The molecule has 128 valence electrons. The van der Waals surface area contributed by atoms with Crippen LogP contribution < -0.4 is 0 Å². The molecule has 1 aliphatic rings. The highest BCUT2D eigenvalue weighted by Gasteiger charge is 2.26. The van der Waals surface area contributed by atoms with E-state index in [0.29, 0.717) is 6.54 Å². The van der Waals surface area contributed by atoms with Gasteiger partial charge in [0, 0.05) is 44.5 Å². The van der Waals surface area contributed by atoms with Gasteiger partial charge in [0.2, 0.25) is 0 Å². The zero-order chi connectivity index (χ0) is 16.9. The van der Waals surface area contributed by atoms with E-state index < -0.39 is 0 Å². The fourth-order valence-corrected chi connectivity index (χ4v) is 3.20. The number of imidazole rings is 1. The van der Waals surface area contributed by atoms with Crippen LogP contribution >= 0.6 is 0 Å². The standard InChI is InChI=1S/C18H24N4O2/c1-20(16-7-9-21(10-8-16)11-12-23)18(24)22-13-17(19-14-22)15-5-3-2-4-6-15/h2-6,13-14,16,23H,7-12H2,1H3. The Morgan fingerprint density at radius 1 is 1.29 bits per heavy atom. The molecule has 24 heavy (non-hydrogen) atoms. The average Bonchev–Trinajstić information content (AvgIpc) is 3.12. The van der Waals surface area contributed by atoms with Crippen LogP contribution in [0.2, 0.25) is 0 Å². The summed E-state index contributed by atoms with van der Waals surface area (Å²) in [6.45, 7) is 2.74. The number of nitrogens with zero attached hydrogens (tertiary/aromatic N) is 4. The van der Waals surface area contributed by atoms with E-state index >= 15 is 0 Å². The Hall–Kier alpha value is -2.18. The molecule has 1 fully saturated rings. The predicted molar refractivity (Wildman–Crippen MR) is 92.8 cm³/mol. The van der Waals surface area contributed by atoms with Crippen molar-refractivity contribution in [3.63, 3.8) is 0 Å².